The molecule has 0 aliphatic carbocycles. The van der Waals surface area contributed by atoms with E-state index in [9.17, 15) is 14.4 Å². The van der Waals surface area contributed by atoms with E-state index >= 15 is 0 Å². The molecule has 30 heavy (non-hydrogen) atoms. The highest BCUT2D eigenvalue weighted by Crippen LogP contribution is 2.35. The van der Waals surface area contributed by atoms with Gasteiger partial charge in [-0.05, 0) is 31.0 Å². The average molecular weight is 425 g/mol. The Labute approximate surface area is 178 Å². The van der Waals surface area contributed by atoms with E-state index in [1.807, 2.05) is 37.3 Å². The zero-order chi connectivity index (χ0) is 21.5. The zero-order valence-electron chi connectivity index (χ0n) is 16.9. The summed E-state index contributed by atoms with van der Waals surface area (Å²) in [6.45, 7) is 4.07. The van der Waals surface area contributed by atoms with Crippen molar-refractivity contribution in [3.8, 4) is 0 Å². The van der Waals surface area contributed by atoms with Crippen molar-refractivity contribution in [3.05, 3.63) is 76.2 Å². The van der Waals surface area contributed by atoms with Gasteiger partial charge in [-0.3, -0.25) is 14.2 Å². The second-order valence-corrected chi connectivity index (χ2v) is 7.92. The molecule has 2 aromatic carbocycles. The topological polar surface area (TPSA) is 96.8 Å². The highest BCUT2D eigenvalue weighted by molar-refractivity contribution is 8.00. The number of rotatable bonds is 9. The normalized spacial score (nSPS) is 11.8. The van der Waals surface area contributed by atoms with Crippen LogP contribution < -0.4 is 11.0 Å². The predicted octanol–water partition coefficient (Wildman–Crippen LogP) is 4.05. The number of carbonyl (C=O) groups excluding carboxylic acids is 2. The Morgan fingerprint density at radius 2 is 1.93 bits per heavy atom. The lowest BCUT2D eigenvalue weighted by molar-refractivity contribution is -0.115. The van der Waals surface area contributed by atoms with Gasteiger partial charge in [0.1, 0.15) is 5.25 Å². The lowest BCUT2D eigenvalue weighted by Gasteiger charge is -2.17. The third kappa shape index (κ3) is 5.27. The fourth-order valence-electron chi connectivity index (χ4n) is 2.94. The summed E-state index contributed by atoms with van der Waals surface area (Å²) >= 11 is 1.22. The molecule has 7 nitrogen and oxygen atoms in total. The van der Waals surface area contributed by atoms with Gasteiger partial charge in [-0.1, -0.05) is 67.6 Å². The first kappa shape index (κ1) is 21.6. The number of Topliss-reactive ketones (excluding diaryl/α,β-unsaturated/α-hetero) is 1. The van der Waals surface area contributed by atoms with Crippen LogP contribution in [-0.4, -0.2) is 26.5 Å². The van der Waals surface area contributed by atoms with Gasteiger partial charge in [0.2, 0.25) is 5.91 Å². The fraction of sp³-hybridized carbons (Fsp3) is 0.273. The van der Waals surface area contributed by atoms with Crippen molar-refractivity contribution in [2.24, 2.45) is 0 Å². The van der Waals surface area contributed by atoms with Gasteiger partial charge in [-0.15, -0.1) is 5.10 Å². The number of hydrogen-bond donors (Lipinski definition) is 2. The number of unbranched alkanes of at least 4 members (excludes halogenated alkanes) is 1. The highest BCUT2D eigenvalue weighted by Gasteiger charge is 2.25. The predicted molar refractivity (Wildman–Crippen MR) is 118 cm³/mol. The van der Waals surface area contributed by atoms with Gasteiger partial charge in [0, 0.05) is 17.8 Å². The van der Waals surface area contributed by atoms with Crippen LogP contribution in [0.15, 0.2) is 64.5 Å². The van der Waals surface area contributed by atoms with Gasteiger partial charge in [0.25, 0.3) is 0 Å². The van der Waals surface area contributed by atoms with Crippen LogP contribution in [0.5, 0.6) is 0 Å². The fourth-order valence-corrected chi connectivity index (χ4v) is 4.01. The molecular formula is C22H24N4O3S. The van der Waals surface area contributed by atoms with Crippen LogP contribution in [0.4, 0.5) is 5.69 Å². The van der Waals surface area contributed by atoms with Crippen LogP contribution in [-0.2, 0) is 11.3 Å². The molecule has 2 N–H and O–H groups in total. The molecule has 1 amide bonds. The Bertz CT molecular complexity index is 1080. The number of benzene rings is 2. The van der Waals surface area contributed by atoms with Crippen LogP contribution in [0.1, 0.15) is 47.9 Å². The van der Waals surface area contributed by atoms with E-state index < -0.39 is 5.25 Å². The summed E-state index contributed by atoms with van der Waals surface area (Å²) in [5.74, 6) is -0.332. The van der Waals surface area contributed by atoms with E-state index in [-0.39, 0.29) is 17.4 Å². The van der Waals surface area contributed by atoms with Crippen LogP contribution >= 0.6 is 11.8 Å². The van der Waals surface area contributed by atoms with Gasteiger partial charge < -0.3 is 5.32 Å². The molecule has 1 heterocycles. The lowest BCUT2D eigenvalue weighted by atomic mass is 10.1. The monoisotopic (exact) mass is 424 g/mol. The molecule has 0 saturated heterocycles. The summed E-state index contributed by atoms with van der Waals surface area (Å²) in [4.78, 5) is 37.0. The first-order chi connectivity index (χ1) is 14.5. The summed E-state index contributed by atoms with van der Waals surface area (Å²) < 4.78 is 1.56. The van der Waals surface area contributed by atoms with E-state index in [4.69, 9.17) is 0 Å². The van der Waals surface area contributed by atoms with Gasteiger partial charge in [-0.25, -0.2) is 9.89 Å². The Hall–Kier alpha value is -3.13. The van der Waals surface area contributed by atoms with Gasteiger partial charge in [0.15, 0.2) is 10.9 Å². The first-order valence-corrected chi connectivity index (χ1v) is 10.7. The van der Waals surface area contributed by atoms with E-state index in [1.54, 1.807) is 28.8 Å². The maximum atomic E-state index is 13.2. The molecule has 8 heteroatoms. The molecule has 3 rings (SSSR count). The minimum atomic E-state index is -0.622. The molecule has 0 spiro atoms. The number of aromatic amines is 1. The van der Waals surface area contributed by atoms with E-state index in [0.717, 1.165) is 18.4 Å². The van der Waals surface area contributed by atoms with E-state index in [0.29, 0.717) is 23.0 Å². The molecule has 0 bridgehead atoms. The molecule has 0 aliphatic rings. The largest absolute Gasteiger partial charge is 0.343 e. The van der Waals surface area contributed by atoms with Crippen molar-refractivity contribution in [3.63, 3.8) is 0 Å². The van der Waals surface area contributed by atoms with Crippen LogP contribution in [0, 0.1) is 0 Å². The van der Waals surface area contributed by atoms with E-state index in [1.165, 1.54) is 18.7 Å². The summed E-state index contributed by atoms with van der Waals surface area (Å²) in [6.07, 6.45) is 1.78. The maximum Gasteiger partial charge on any atom is 0.343 e. The molecular weight excluding hydrogens is 400 g/mol. The SMILES string of the molecule is CCCCn1c(S[C@@H](C(=O)Nc2cccc(C(C)=O)c2)c2ccccc2)n[nH]c1=O. The second-order valence-electron chi connectivity index (χ2n) is 6.85. The molecule has 1 atom stereocenters. The zero-order valence-corrected chi connectivity index (χ0v) is 17.7. The van der Waals surface area contributed by atoms with Gasteiger partial charge in [-0.2, -0.15) is 0 Å². The lowest BCUT2D eigenvalue weighted by Crippen LogP contribution is -2.21. The summed E-state index contributed by atoms with van der Waals surface area (Å²) in [5, 5.41) is 9.34. The molecule has 0 radical (unpaired) electrons. The van der Waals surface area contributed by atoms with Crippen molar-refractivity contribution in [2.75, 3.05) is 5.32 Å². The van der Waals surface area contributed by atoms with Crippen LogP contribution in [0.3, 0.4) is 0 Å². The number of nitrogens with one attached hydrogen (secondary N) is 2. The van der Waals surface area contributed by atoms with Crippen LogP contribution in [0.25, 0.3) is 0 Å². The van der Waals surface area contributed by atoms with Crippen molar-refractivity contribution >= 4 is 29.1 Å². The van der Waals surface area contributed by atoms with Crippen molar-refractivity contribution in [1.29, 1.82) is 0 Å². The van der Waals surface area contributed by atoms with Gasteiger partial charge >= 0.3 is 5.69 Å². The molecule has 156 valence electrons. The minimum absolute atomic E-state index is 0.0726. The number of nitrogens with zero attached hydrogens (tertiary/aromatic N) is 2. The average Bonchev–Trinajstić information content (AvgIpc) is 3.10. The third-order valence-electron chi connectivity index (χ3n) is 4.56. The number of ketones is 1. The molecule has 0 aliphatic heterocycles. The third-order valence-corrected chi connectivity index (χ3v) is 5.80. The summed E-state index contributed by atoms with van der Waals surface area (Å²) in [7, 11) is 0. The number of thioether (sulfide) groups is 1. The molecule has 0 saturated carbocycles. The number of carbonyl (C=O) groups is 2. The van der Waals surface area contributed by atoms with Crippen molar-refractivity contribution in [2.45, 2.75) is 43.6 Å². The van der Waals surface area contributed by atoms with Gasteiger partial charge in [0.05, 0.1) is 0 Å². The number of anilines is 1. The molecule has 0 fully saturated rings. The summed E-state index contributed by atoms with van der Waals surface area (Å²) in [5.41, 5.74) is 1.57. The Morgan fingerprint density at radius 1 is 1.17 bits per heavy atom. The number of hydrogen-bond acceptors (Lipinski definition) is 5. The second kappa shape index (κ2) is 10.1. The summed E-state index contributed by atoms with van der Waals surface area (Å²) in [6, 6.07) is 16.2. The smallest absolute Gasteiger partial charge is 0.325 e. The Kier molecular flexibility index (Phi) is 7.24. The molecule has 0 unspecified atom stereocenters. The Morgan fingerprint density at radius 3 is 2.63 bits per heavy atom. The minimum Gasteiger partial charge on any atom is -0.325 e. The Balaban J connectivity index is 1.89. The van der Waals surface area contributed by atoms with Crippen molar-refractivity contribution in [1.82, 2.24) is 14.8 Å². The number of amides is 1. The molecule has 3 aromatic rings. The standard InChI is InChI=1S/C22H24N4O3S/c1-3-4-13-26-21(29)24-25-22(26)30-19(16-9-6-5-7-10-16)20(28)23-18-12-8-11-17(14-18)15(2)27/h5-12,14,19H,3-4,13H2,1-2H3,(H,23,28)(H,24,29)/t19-/m1/s1. The quantitative estimate of drug-likeness (QED) is 0.399. The number of H-pyrrole nitrogens is 1. The van der Waals surface area contributed by atoms with E-state index in [2.05, 4.69) is 15.5 Å². The van der Waals surface area contributed by atoms with Crippen molar-refractivity contribution < 1.29 is 9.59 Å². The maximum absolute atomic E-state index is 13.2. The van der Waals surface area contributed by atoms with Crippen LogP contribution in [0.2, 0.25) is 0 Å². The highest BCUT2D eigenvalue weighted by atomic mass is 32.2. The number of aromatic nitrogens is 3. The first-order valence-electron chi connectivity index (χ1n) is 9.78. The molecule has 1 aromatic heterocycles.